The Labute approximate surface area is 115 Å². The molecule has 2 rings (SSSR count). The van der Waals surface area contributed by atoms with Crippen LogP contribution in [-0.2, 0) is 9.53 Å². The summed E-state index contributed by atoms with van der Waals surface area (Å²) in [6.07, 6.45) is 0.763. The zero-order valence-electron chi connectivity index (χ0n) is 11.1. The Morgan fingerprint density at radius 2 is 2.11 bits per heavy atom. The Morgan fingerprint density at radius 3 is 2.63 bits per heavy atom. The van der Waals surface area contributed by atoms with Crippen LogP contribution in [0.5, 0.6) is 0 Å². The standard InChI is InChI=1S/C13H17NO4S/c1-6-4-9(5-18-6)11(15)14-12-10(13(16)17)7(2)8(3)19-12/h6,9H,4-5H2,1-3H3,(H,14,15)(H,16,17). The van der Waals surface area contributed by atoms with Gasteiger partial charge in [-0.2, -0.15) is 0 Å². The fourth-order valence-corrected chi connectivity index (χ4v) is 3.24. The van der Waals surface area contributed by atoms with E-state index in [1.807, 2.05) is 13.8 Å². The Bertz CT molecular complexity index is 523. The number of carbonyl (C=O) groups is 2. The van der Waals surface area contributed by atoms with Gasteiger partial charge < -0.3 is 15.2 Å². The summed E-state index contributed by atoms with van der Waals surface area (Å²) in [6, 6.07) is 0. The first-order chi connectivity index (χ1) is 8.90. The number of hydrogen-bond acceptors (Lipinski definition) is 4. The van der Waals surface area contributed by atoms with E-state index in [9.17, 15) is 14.7 Å². The van der Waals surface area contributed by atoms with E-state index in [0.29, 0.717) is 23.6 Å². The number of nitrogens with one attached hydrogen (secondary N) is 1. The van der Waals surface area contributed by atoms with Crippen LogP contribution in [0.3, 0.4) is 0 Å². The number of rotatable bonds is 3. The second kappa shape index (κ2) is 5.30. The van der Waals surface area contributed by atoms with Crippen LogP contribution in [0.4, 0.5) is 5.00 Å². The number of ether oxygens (including phenoxy) is 1. The van der Waals surface area contributed by atoms with Crippen LogP contribution >= 0.6 is 11.3 Å². The molecule has 1 aromatic rings. The number of aryl methyl sites for hydroxylation is 1. The summed E-state index contributed by atoms with van der Waals surface area (Å²) < 4.78 is 5.36. The van der Waals surface area contributed by atoms with Crippen molar-refractivity contribution in [2.45, 2.75) is 33.3 Å². The Morgan fingerprint density at radius 1 is 1.42 bits per heavy atom. The van der Waals surface area contributed by atoms with E-state index in [1.54, 1.807) is 6.92 Å². The van der Waals surface area contributed by atoms with Crippen LogP contribution in [0, 0.1) is 19.8 Å². The summed E-state index contributed by atoms with van der Waals surface area (Å²) in [5, 5.41) is 12.4. The summed E-state index contributed by atoms with van der Waals surface area (Å²) in [5.41, 5.74) is 0.909. The molecule has 2 N–H and O–H groups in total. The zero-order valence-corrected chi connectivity index (χ0v) is 12.0. The van der Waals surface area contributed by atoms with E-state index in [4.69, 9.17) is 4.74 Å². The van der Waals surface area contributed by atoms with Gasteiger partial charge in [0.25, 0.3) is 0 Å². The smallest absolute Gasteiger partial charge is 0.338 e. The maximum Gasteiger partial charge on any atom is 0.338 e. The van der Waals surface area contributed by atoms with E-state index in [2.05, 4.69) is 5.32 Å². The summed E-state index contributed by atoms with van der Waals surface area (Å²) in [5.74, 6) is -1.36. The third kappa shape index (κ3) is 2.79. The second-order valence-corrected chi connectivity index (χ2v) is 6.08. The molecule has 1 fully saturated rings. The molecule has 0 spiro atoms. The van der Waals surface area contributed by atoms with E-state index in [1.165, 1.54) is 11.3 Å². The van der Waals surface area contributed by atoms with Gasteiger partial charge in [-0.05, 0) is 32.8 Å². The summed E-state index contributed by atoms with van der Waals surface area (Å²) >= 11 is 1.30. The van der Waals surface area contributed by atoms with Gasteiger partial charge in [0.1, 0.15) is 5.00 Å². The highest BCUT2D eigenvalue weighted by Gasteiger charge is 2.30. The van der Waals surface area contributed by atoms with Crippen molar-refractivity contribution in [1.29, 1.82) is 0 Å². The number of hydrogen-bond donors (Lipinski definition) is 2. The molecule has 1 aromatic heterocycles. The van der Waals surface area contributed by atoms with Gasteiger partial charge in [0.2, 0.25) is 5.91 Å². The predicted octanol–water partition coefficient (Wildman–Crippen LogP) is 2.43. The SMILES string of the molecule is Cc1sc(NC(=O)C2COC(C)C2)c(C(=O)O)c1C. The molecule has 0 aliphatic carbocycles. The van der Waals surface area contributed by atoms with Crippen LogP contribution in [0.1, 0.15) is 34.1 Å². The van der Waals surface area contributed by atoms with Gasteiger partial charge >= 0.3 is 5.97 Å². The molecule has 19 heavy (non-hydrogen) atoms. The fraction of sp³-hybridized carbons (Fsp3) is 0.538. The lowest BCUT2D eigenvalue weighted by Gasteiger charge is -2.08. The molecule has 5 nitrogen and oxygen atoms in total. The normalized spacial score (nSPS) is 22.5. The molecule has 0 saturated carbocycles. The average Bonchev–Trinajstić information content (AvgIpc) is 2.85. The van der Waals surface area contributed by atoms with Crippen molar-refractivity contribution in [2.24, 2.45) is 5.92 Å². The summed E-state index contributed by atoms with van der Waals surface area (Å²) in [7, 11) is 0. The number of amides is 1. The molecule has 0 bridgehead atoms. The van der Waals surface area contributed by atoms with Crippen LogP contribution in [0.15, 0.2) is 0 Å². The van der Waals surface area contributed by atoms with E-state index in [0.717, 1.165) is 4.88 Å². The Kier molecular flexibility index (Phi) is 3.91. The first-order valence-corrected chi connectivity index (χ1v) is 6.97. The van der Waals surface area contributed by atoms with Crippen molar-refractivity contribution in [3.63, 3.8) is 0 Å². The predicted molar refractivity (Wildman–Crippen MR) is 72.9 cm³/mol. The van der Waals surface area contributed by atoms with E-state index in [-0.39, 0.29) is 23.5 Å². The van der Waals surface area contributed by atoms with Gasteiger partial charge in [-0.15, -0.1) is 11.3 Å². The number of carbonyl (C=O) groups excluding carboxylic acids is 1. The highest BCUT2D eigenvalue weighted by molar-refractivity contribution is 7.16. The van der Waals surface area contributed by atoms with Gasteiger partial charge in [0.05, 0.1) is 24.2 Å². The lowest BCUT2D eigenvalue weighted by atomic mass is 10.1. The molecular weight excluding hydrogens is 266 g/mol. The lowest BCUT2D eigenvalue weighted by molar-refractivity contribution is -0.119. The number of thiophene rings is 1. The molecule has 1 aliphatic rings. The Balaban J connectivity index is 2.17. The Hall–Kier alpha value is -1.40. The summed E-state index contributed by atoms with van der Waals surface area (Å²) in [6.45, 7) is 5.93. The van der Waals surface area contributed by atoms with Crippen molar-refractivity contribution < 1.29 is 19.4 Å². The number of carboxylic acid groups (broad SMARTS) is 1. The molecule has 2 unspecified atom stereocenters. The molecular formula is C13H17NO4S. The van der Waals surface area contributed by atoms with Crippen molar-refractivity contribution in [2.75, 3.05) is 11.9 Å². The largest absolute Gasteiger partial charge is 0.478 e. The average molecular weight is 283 g/mol. The van der Waals surface area contributed by atoms with Gasteiger partial charge in [-0.3, -0.25) is 4.79 Å². The van der Waals surface area contributed by atoms with Gasteiger partial charge in [0.15, 0.2) is 0 Å². The van der Waals surface area contributed by atoms with Gasteiger partial charge in [-0.1, -0.05) is 0 Å². The maximum atomic E-state index is 12.1. The van der Waals surface area contributed by atoms with Crippen molar-refractivity contribution >= 4 is 28.2 Å². The minimum Gasteiger partial charge on any atom is -0.478 e. The topological polar surface area (TPSA) is 75.6 Å². The molecule has 0 aromatic carbocycles. The number of carboxylic acids is 1. The number of aromatic carboxylic acids is 1. The third-order valence-electron chi connectivity index (χ3n) is 3.41. The van der Waals surface area contributed by atoms with Crippen molar-refractivity contribution in [1.82, 2.24) is 0 Å². The second-order valence-electron chi connectivity index (χ2n) is 4.86. The van der Waals surface area contributed by atoms with Gasteiger partial charge in [-0.25, -0.2) is 4.79 Å². The summed E-state index contributed by atoms with van der Waals surface area (Å²) in [4.78, 5) is 24.2. The van der Waals surface area contributed by atoms with Gasteiger partial charge in [0, 0.05) is 4.88 Å². The maximum absolute atomic E-state index is 12.1. The van der Waals surface area contributed by atoms with E-state index >= 15 is 0 Å². The first-order valence-electron chi connectivity index (χ1n) is 6.16. The number of anilines is 1. The van der Waals surface area contributed by atoms with Crippen LogP contribution in [0.2, 0.25) is 0 Å². The monoisotopic (exact) mass is 283 g/mol. The third-order valence-corrected chi connectivity index (χ3v) is 4.53. The van der Waals surface area contributed by atoms with Crippen LogP contribution in [-0.4, -0.2) is 29.7 Å². The molecule has 1 amide bonds. The highest BCUT2D eigenvalue weighted by atomic mass is 32.1. The molecule has 6 heteroatoms. The lowest BCUT2D eigenvalue weighted by Crippen LogP contribution is -2.23. The zero-order chi connectivity index (χ0) is 14.2. The van der Waals surface area contributed by atoms with Crippen LogP contribution in [0.25, 0.3) is 0 Å². The van der Waals surface area contributed by atoms with Crippen molar-refractivity contribution in [3.8, 4) is 0 Å². The molecule has 104 valence electrons. The highest BCUT2D eigenvalue weighted by Crippen LogP contribution is 2.33. The van der Waals surface area contributed by atoms with Crippen LogP contribution < -0.4 is 5.32 Å². The molecule has 0 radical (unpaired) electrons. The van der Waals surface area contributed by atoms with Crippen molar-refractivity contribution in [3.05, 3.63) is 16.0 Å². The molecule has 1 saturated heterocycles. The molecule has 1 aliphatic heterocycles. The fourth-order valence-electron chi connectivity index (χ4n) is 2.19. The molecule has 2 atom stereocenters. The molecule has 2 heterocycles. The minimum atomic E-state index is -1.01. The minimum absolute atomic E-state index is 0.0847. The van der Waals surface area contributed by atoms with E-state index < -0.39 is 5.97 Å². The quantitative estimate of drug-likeness (QED) is 0.893. The first kappa shape index (κ1) is 14.0.